The minimum Gasteiger partial charge on any atom is -0.351 e. The van der Waals surface area contributed by atoms with Crippen molar-refractivity contribution in [2.45, 2.75) is 50.7 Å². The molecule has 2 amide bonds. The van der Waals surface area contributed by atoms with E-state index in [2.05, 4.69) is 5.32 Å². The molecule has 152 valence electrons. The van der Waals surface area contributed by atoms with E-state index in [0.717, 1.165) is 17.7 Å². The van der Waals surface area contributed by atoms with E-state index in [4.69, 9.17) is 0 Å². The molecule has 2 saturated carbocycles. The van der Waals surface area contributed by atoms with Crippen LogP contribution in [0.15, 0.2) is 24.3 Å². The Morgan fingerprint density at radius 3 is 2.21 bits per heavy atom. The molecule has 2 aliphatic carbocycles. The number of carbonyl (C=O) groups is 2. The number of amides is 2. The van der Waals surface area contributed by atoms with Crippen LogP contribution in [0.3, 0.4) is 0 Å². The van der Waals surface area contributed by atoms with Crippen molar-refractivity contribution >= 4 is 11.8 Å². The Morgan fingerprint density at radius 2 is 1.71 bits per heavy atom. The highest BCUT2D eigenvalue weighted by Gasteiger charge is 2.58. The number of hydrogen-bond donors (Lipinski definition) is 1. The number of rotatable bonds is 4. The van der Waals surface area contributed by atoms with Gasteiger partial charge in [-0.25, -0.2) is 0 Å². The number of nitrogens with one attached hydrogen (secondary N) is 1. The molecule has 1 aromatic rings. The highest BCUT2D eigenvalue weighted by molar-refractivity contribution is 5.82. The van der Waals surface area contributed by atoms with Crippen LogP contribution in [-0.4, -0.2) is 35.3 Å². The van der Waals surface area contributed by atoms with Gasteiger partial charge in [0, 0.05) is 31.0 Å². The largest absolute Gasteiger partial charge is 0.416 e. The van der Waals surface area contributed by atoms with E-state index in [9.17, 15) is 22.8 Å². The van der Waals surface area contributed by atoms with Crippen LogP contribution in [0.5, 0.6) is 0 Å². The van der Waals surface area contributed by atoms with Gasteiger partial charge in [-0.05, 0) is 55.2 Å². The van der Waals surface area contributed by atoms with Gasteiger partial charge in [0.2, 0.25) is 11.8 Å². The van der Waals surface area contributed by atoms with Crippen molar-refractivity contribution in [2.24, 2.45) is 17.8 Å². The number of nitrogens with zero attached hydrogens (tertiary/aromatic N) is 1. The van der Waals surface area contributed by atoms with Crippen LogP contribution < -0.4 is 5.32 Å². The molecule has 0 radical (unpaired) electrons. The molecule has 28 heavy (non-hydrogen) atoms. The average molecular weight is 394 g/mol. The van der Waals surface area contributed by atoms with Crippen molar-refractivity contribution in [2.75, 3.05) is 13.1 Å². The number of hydrogen-bond acceptors (Lipinski definition) is 2. The SMILES string of the molecule is CCC(=O)NC1(C)CC(C(=O)N2C[C@@H]3C(c4ccc(C(F)(F)F)cc4)[C@@H]3C2)C1. The predicted molar refractivity (Wildman–Crippen MR) is 97.3 cm³/mol. The Balaban J connectivity index is 1.29. The number of carbonyl (C=O) groups excluding carboxylic acids is 2. The molecule has 0 aromatic heterocycles. The van der Waals surface area contributed by atoms with Crippen molar-refractivity contribution in [3.8, 4) is 0 Å². The first kappa shape index (κ1) is 19.3. The smallest absolute Gasteiger partial charge is 0.351 e. The summed E-state index contributed by atoms with van der Waals surface area (Å²) in [5.74, 6) is 1.10. The second kappa shape index (κ2) is 6.49. The second-order valence-corrected chi connectivity index (χ2v) is 8.78. The van der Waals surface area contributed by atoms with Crippen LogP contribution in [0.2, 0.25) is 0 Å². The summed E-state index contributed by atoms with van der Waals surface area (Å²) in [4.78, 5) is 26.2. The average Bonchev–Trinajstić information content (AvgIpc) is 3.11. The second-order valence-electron chi connectivity index (χ2n) is 8.78. The Labute approximate surface area is 162 Å². The number of benzene rings is 1. The lowest BCUT2D eigenvalue weighted by Crippen LogP contribution is -2.58. The van der Waals surface area contributed by atoms with Crippen LogP contribution in [0.25, 0.3) is 0 Å². The molecule has 0 bridgehead atoms. The molecule has 1 aliphatic heterocycles. The maximum atomic E-state index is 12.7. The molecule has 1 N–H and O–H groups in total. The van der Waals surface area contributed by atoms with Crippen LogP contribution in [-0.2, 0) is 15.8 Å². The number of fused-ring (bicyclic) bond motifs is 1. The van der Waals surface area contributed by atoms with Gasteiger partial charge in [0.15, 0.2) is 0 Å². The van der Waals surface area contributed by atoms with Crippen molar-refractivity contribution in [3.63, 3.8) is 0 Å². The minimum atomic E-state index is -4.31. The molecule has 4 nitrogen and oxygen atoms in total. The van der Waals surface area contributed by atoms with Gasteiger partial charge < -0.3 is 10.2 Å². The maximum Gasteiger partial charge on any atom is 0.416 e. The van der Waals surface area contributed by atoms with E-state index < -0.39 is 11.7 Å². The first-order valence-electron chi connectivity index (χ1n) is 9.88. The first-order valence-corrected chi connectivity index (χ1v) is 9.88. The van der Waals surface area contributed by atoms with Gasteiger partial charge in [0.05, 0.1) is 5.56 Å². The van der Waals surface area contributed by atoms with Crippen molar-refractivity contribution in [3.05, 3.63) is 35.4 Å². The minimum absolute atomic E-state index is 0.00944. The van der Waals surface area contributed by atoms with E-state index in [1.807, 2.05) is 18.7 Å². The van der Waals surface area contributed by atoms with E-state index in [-0.39, 0.29) is 29.2 Å². The van der Waals surface area contributed by atoms with Crippen molar-refractivity contribution < 1.29 is 22.8 Å². The molecular formula is C21H25F3N2O2. The number of piperidine rings is 1. The van der Waals surface area contributed by atoms with Crippen LogP contribution in [0, 0.1) is 17.8 Å². The summed E-state index contributed by atoms with van der Waals surface area (Å²) in [6.45, 7) is 5.16. The number of halogens is 3. The third-order valence-electron chi connectivity index (χ3n) is 6.63. The highest BCUT2D eigenvalue weighted by atomic mass is 19.4. The van der Waals surface area contributed by atoms with Crippen LogP contribution in [0.4, 0.5) is 13.2 Å². The lowest BCUT2D eigenvalue weighted by atomic mass is 9.68. The van der Waals surface area contributed by atoms with Gasteiger partial charge in [0.25, 0.3) is 0 Å². The summed E-state index contributed by atoms with van der Waals surface area (Å²) >= 11 is 0. The third kappa shape index (κ3) is 3.40. The third-order valence-corrected chi connectivity index (χ3v) is 6.63. The van der Waals surface area contributed by atoms with E-state index >= 15 is 0 Å². The van der Waals surface area contributed by atoms with E-state index in [1.54, 1.807) is 12.1 Å². The van der Waals surface area contributed by atoms with Gasteiger partial charge in [-0.2, -0.15) is 13.2 Å². The maximum absolute atomic E-state index is 12.7. The van der Waals surface area contributed by atoms with Crippen molar-refractivity contribution in [1.82, 2.24) is 10.2 Å². The fraction of sp³-hybridized carbons (Fsp3) is 0.619. The standard InChI is InChI=1S/C21H25F3N2O2/c1-3-17(27)25-20(2)8-13(9-20)19(28)26-10-15-16(11-26)18(15)12-4-6-14(7-5-12)21(22,23)24/h4-7,13,15-16,18H,3,8-11H2,1-2H3,(H,25,27)/t13?,15-,16+,18?,20?. The van der Waals surface area contributed by atoms with Gasteiger partial charge >= 0.3 is 6.18 Å². The lowest BCUT2D eigenvalue weighted by Gasteiger charge is -2.46. The number of alkyl halides is 3. The summed E-state index contributed by atoms with van der Waals surface area (Å²) in [6.07, 6.45) is -2.53. The summed E-state index contributed by atoms with van der Waals surface area (Å²) in [5, 5.41) is 2.99. The molecule has 1 heterocycles. The molecule has 7 heteroatoms. The molecule has 1 aromatic carbocycles. The van der Waals surface area contributed by atoms with Crippen LogP contribution >= 0.6 is 0 Å². The summed E-state index contributed by atoms with van der Waals surface area (Å²) < 4.78 is 38.1. The Bertz CT molecular complexity index is 772. The monoisotopic (exact) mass is 394 g/mol. The fourth-order valence-corrected chi connectivity index (χ4v) is 5.08. The molecule has 0 spiro atoms. The molecule has 3 atom stereocenters. The highest BCUT2D eigenvalue weighted by Crippen LogP contribution is 2.58. The molecule has 3 fully saturated rings. The lowest BCUT2D eigenvalue weighted by molar-refractivity contribution is -0.142. The van der Waals surface area contributed by atoms with Crippen LogP contribution in [0.1, 0.15) is 50.2 Å². The van der Waals surface area contributed by atoms with E-state index in [0.29, 0.717) is 44.2 Å². The van der Waals surface area contributed by atoms with Gasteiger partial charge in [-0.15, -0.1) is 0 Å². The summed E-state index contributed by atoms with van der Waals surface area (Å²) in [6, 6.07) is 5.44. The summed E-state index contributed by atoms with van der Waals surface area (Å²) in [5.41, 5.74) is 0.0365. The molecule has 1 saturated heterocycles. The molecule has 4 rings (SSSR count). The zero-order chi connectivity index (χ0) is 20.3. The quantitative estimate of drug-likeness (QED) is 0.849. The normalized spacial score (nSPS) is 33.8. The number of likely N-dealkylation sites (tertiary alicyclic amines) is 1. The van der Waals surface area contributed by atoms with Gasteiger partial charge in [-0.1, -0.05) is 19.1 Å². The molecule has 1 unspecified atom stereocenters. The zero-order valence-electron chi connectivity index (χ0n) is 16.1. The van der Waals surface area contributed by atoms with E-state index in [1.165, 1.54) is 0 Å². The molecular weight excluding hydrogens is 369 g/mol. The van der Waals surface area contributed by atoms with Gasteiger partial charge in [0.1, 0.15) is 0 Å². The Morgan fingerprint density at radius 1 is 1.14 bits per heavy atom. The predicted octanol–water partition coefficient (Wildman–Crippen LogP) is 3.57. The summed E-state index contributed by atoms with van der Waals surface area (Å²) in [7, 11) is 0. The topological polar surface area (TPSA) is 49.4 Å². The molecule has 3 aliphatic rings. The first-order chi connectivity index (χ1) is 13.1. The Kier molecular flexibility index (Phi) is 4.47. The Hall–Kier alpha value is -2.05. The van der Waals surface area contributed by atoms with Gasteiger partial charge in [-0.3, -0.25) is 9.59 Å². The fourth-order valence-electron chi connectivity index (χ4n) is 5.08. The van der Waals surface area contributed by atoms with Crippen molar-refractivity contribution in [1.29, 1.82) is 0 Å². The zero-order valence-corrected chi connectivity index (χ0v) is 16.1.